The van der Waals surface area contributed by atoms with E-state index in [1.54, 1.807) is 7.11 Å². The molecule has 1 fully saturated rings. The van der Waals surface area contributed by atoms with Gasteiger partial charge in [-0.1, -0.05) is 42.5 Å². The van der Waals surface area contributed by atoms with Crippen LogP contribution < -0.4 is 15.4 Å². The van der Waals surface area contributed by atoms with Gasteiger partial charge in [-0.2, -0.15) is 0 Å². The Morgan fingerprint density at radius 2 is 1.88 bits per heavy atom. The number of hydrogen-bond donors (Lipinski definition) is 2. The number of rotatable bonds is 5. The fourth-order valence-corrected chi connectivity index (χ4v) is 2.84. The molecule has 1 heterocycles. The lowest BCUT2D eigenvalue weighted by Crippen LogP contribution is -2.43. The highest BCUT2D eigenvalue weighted by Gasteiger charge is 2.37. The molecule has 130 valence electrons. The van der Waals surface area contributed by atoms with Gasteiger partial charge in [0.1, 0.15) is 18.4 Å². The van der Waals surface area contributed by atoms with Gasteiger partial charge in [0.15, 0.2) is 0 Å². The van der Waals surface area contributed by atoms with E-state index in [1.807, 2.05) is 54.6 Å². The van der Waals surface area contributed by atoms with Crippen molar-refractivity contribution < 1.29 is 19.1 Å². The summed E-state index contributed by atoms with van der Waals surface area (Å²) in [6, 6.07) is 16.2. The zero-order valence-corrected chi connectivity index (χ0v) is 13.9. The summed E-state index contributed by atoms with van der Waals surface area (Å²) in [7, 11) is 1.60. The second-order valence-electron chi connectivity index (χ2n) is 5.81. The average molecular weight is 340 g/mol. The van der Waals surface area contributed by atoms with E-state index in [9.17, 15) is 9.59 Å². The lowest BCUT2D eigenvalue weighted by molar-refractivity contribution is -0.120. The van der Waals surface area contributed by atoms with Crippen LogP contribution >= 0.6 is 0 Å². The van der Waals surface area contributed by atoms with Crippen molar-refractivity contribution in [2.24, 2.45) is 0 Å². The molecular formula is C19H20N2O4. The van der Waals surface area contributed by atoms with Crippen LogP contribution in [-0.4, -0.2) is 31.7 Å². The molecule has 2 aromatic rings. The van der Waals surface area contributed by atoms with Crippen molar-refractivity contribution >= 4 is 12.0 Å². The van der Waals surface area contributed by atoms with Gasteiger partial charge < -0.3 is 20.1 Å². The van der Waals surface area contributed by atoms with E-state index in [0.29, 0.717) is 6.54 Å². The van der Waals surface area contributed by atoms with Gasteiger partial charge in [-0.25, -0.2) is 4.79 Å². The van der Waals surface area contributed by atoms with E-state index in [1.165, 1.54) is 0 Å². The summed E-state index contributed by atoms with van der Waals surface area (Å²) in [5.41, 5.74) is 1.84. The van der Waals surface area contributed by atoms with Gasteiger partial charge >= 0.3 is 6.09 Å². The van der Waals surface area contributed by atoms with Crippen LogP contribution in [0.5, 0.6) is 5.75 Å². The predicted octanol–water partition coefficient (Wildman–Crippen LogP) is 2.20. The molecule has 2 atom stereocenters. The molecule has 0 spiro atoms. The second kappa shape index (κ2) is 7.70. The van der Waals surface area contributed by atoms with Crippen LogP contribution in [0.25, 0.3) is 0 Å². The molecule has 0 aromatic heterocycles. The normalized spacial score (nSPS) is 19.2. The minimum atomic E-state index is -0.656. The molecule has 1 aliphatic rings. The summed E-state index contributed by atoms with van der Waals surface area (Å²) in [6.45, 7) is 0.628. The molecule has 3 rings (SSSR count). The quantitative estimate of drug-likeness (QED) is 0.875. The largest absolute Gasteiger partial charge is 0.497 e. The minimum Gasteiger partial charge on any atom is -0.497 e. The molecule has 2 amide bonds. The van der Waals surface area contributed by atoms with Gasteiger partial charge in [-0.05, 0) is 23.3 Å². The Hall–Kier alpha value is -3.02. The van der Waals surface area contributed by atoms with Gasteiger partial charge in [-0.15, -0.1) is 0 Å². The standard InChI is InChI=1S/C19H20N2O4/c1-24-15-9-7-14(8-10-15)16-11-20-18(22)17(16)21-19(23)25-12-13-5-3-2-4-6-13/h2-10,16-17H,11-12H2,1H3,(H,20,22)(H,21,23). The first-order chi connectivity index (χ1) is 12.2. The molecule has 2 unspecified atom stereocenters. The highest BCUT2D eigenvalue weighted by atomic mass is 16.5. The Morgan fingerprint density at radius 3 is 2.56 bits per heavy atom. The van der Waals surface area contributed by atoms with Gasteiger partial charge in [0.25, 0.3) is 0 Å². The molecule has 0 aliphatic carbocycles. The number of nitrogens with one attached hydrogen (secondary N) is 2. The molecule has 0 bridgehead atoms. The van der Waals surface area contributed by atoms with Gasteiger partial charge in [0.05, 0.1) is 7.11 Å². The number of alkyl carbamates (subject to hydrolysis) is 1. The Balaban J connectivity index is 1.62. The number of carbonyl (C=O) groups excluding carboxylic acids is 2. The summed E-state index contributed by atoms with van der Waals surface area (Å²) < 4.78 is 10.4. The predicted molar refractivity (Wildman–Crippen MR) is 92.3 cm³/mol. The van der Waals surface area contributed by atoms with Crippen molar-refractivity contribution in [1.29, 1.82) is 0 Å². The van der Waals surface area contributed by atoms with Crippen LogP contribution in [0.3, 0.4) is 0 Å². The fourth-order valence-electron chi connectivity index (χ4n) is 2.84. The number of carbonyl (C=O) groups is 2. The van der Waals surface area contributed by atoms with Crippen molar-refractivity contribution in [2.75, 3.05) is 13.7 Å². The molecule has 0 radical (unpaired) electrons. The topological polar surface area (TPSA) is 76.7 Å². The number of methoxy groups -OCH3 is 1. The highest BCUT2D eigenvalue weighted by Crippen LogP contribution is 2.25. The third kappa shape index (κ3) is 4.09. The first-order valence-corrected chi connectivity index (χ1v) is 8.06. The maximum absolute atomic E-state index is 12.1. The molecule has 2 N–H and O–H groups in total. The minimum absolute atomic E-state index is 0.150. The van der Waals surface area contributed by atoms with Crippen LogP contribution in [0.15, 0.2) is 54.6 Å². The third-order valence-electron chi connectivity index (χ3n) is 4.21. The van der Waals surface area contributed by atoms with Gasteiger partial charge in [0, 0.05) is 12.5 Å². The van der Waals surface area contributed by atoms with E-state index in [-0.39, 0.29) is 18.4 Å². The number of benzene rings is 2. The summed E-state index contributed by atoms with van der Waals surface area (Å²) in [4.78, 5) is 24.1. The van der Waals surface area contributed by atoms with E-state index in [2.05, 4.69) is 10.6 Å². The number of hydrogen-bond acceptors (Lipinski definition) is 4. The molecule has 6 heteroatoms. The molecular weight excluding hydrogens is 320 g/mol. The fraction of sp³-hybridized carbons (Fsp3) is 0.263. The first kappa shape index (κ1) is 16.8. The molecule has 2 aromatic carbocycles. The molecule has 6 nitrogen and oxygen atoms in total. The number of amides is 2. The highest BCUT2D eigenvalue weighted by molar-refractivity contribution is 5.89. The Kier molecular flexibility index (Phi) is 5.18. The van der Waals surface area contributed by atoms with E-state index in [4.69, 9.17) is 9.47 Å². The van der Waals surface area contributed by atoms with Crippen LogP contribution in [-0.2, 0) is 16.1 Å². The Morgan fingerprint density at radius 1 is 1.16 bits per heavy atom. The Labute approximate surface area is 146 Å². The summed E-state index contributed by atoms with van der Waals surface area (Å²) >= 11 is 0. The lowest BCUT2D eigenvalue weighted by atomic mass is 9.94. The molecule has 1 aliphatic heterocycles. The summed E-state index contributed by atoms with van der Waals surface area (Å²) in [5.74, 6) is 0.382. The van der Waals surface area contributed by atoms with Crippen LogP contribution in [0.4, 0.5) is 4.79 Å². The smallest absolute Gasteiger partial charge is 0.408 e. The van der Waals surface area contributed by atoms with E-state index >= 15 is 0 Å². The van der Waals surface area contributed by atoms with Crippen LogP contribution in [0.2, 0.25) is 0 Å². The average Bonchev–Trinajstić information content (AvgIpc) is 3.01. The van der Waals surface area contributed by atoms with Crippen LogP contribution in [0, 0.1) is 0 Å². The van der Waals surface area contributed by atoms with Gasteiger partial charge in [-0.3, -0.25) is 4.79 Å². The van der Waals surface area contributed by atoms with Crippen molar-refractivity contribution in [1.82, 2.24) is 10.6 Å². The zero-order valence-electron chi connectivity index (χ0n) is 13.9. The van der Waals surface area contributed by atoms with Crippen molar-refractivity contribution in [2.45, 2.75) is 18.6 Å². The van der Waals surface area contributed by atoms with Crippen LogP contribution in [0.1, 0.15) is 17.0 Å². The number of ether oxygens (including phenoxy) is 2. The Bertz CT molecular complexity index is 731. The SMILES string of the molecule is COc1ccc(C2CNC(=O)C2NC(=O)OCc2ccccc2)cc1. The maximum atomic E-state index is 12.1. The van der Waals surface area contributed by atoms with E-state index in [0.717, 1.165) is 16.9 Å². The lowest BCUT2D eigenvalue weighted by Gasteiger charge is -2.18. The molecule has 25 heavy (non-hydrogen) atoms. The summed E-state index contributed by atoms with van der Waals surface area (Å²) in [5, 5.41) is 5.46. The van der Waals surface area contributed by atoms with Crippen molar-refractivity contribution in [3.63, 3.8) is 0 Å². The summed E-state index contributed by atoms with van der Waals surface area (Å²) in [6.07, 6.45) is -0.607. The van der Waals surface area contributed by atoms with Crippen molar-refractivity contribution in [3.8, 4) is 5.75 Å². The monoisotopic (exact) mass is 340 g/mol. The first-order valence-electron chi connectivity index (χ1n) is 8.06. The van der Waals surface area contributed by atoms with Gasteiger partial charge in [0.2, 0.25) is 5.91 Å². The molecule has 1 saturated heterocycles. The van der Waals surface area contributed by atoms with Crippen molar-refractivity contribution in [3.05, 3.63) is 65.7 Å². The third-order valence-corrected chi connectivity index (χ3v) is 4.21. The van der Waals surface area contributed by atoms with E-state index < -0.39 is 12.1 Å². The zero-order chi connectivity index (χ0) is 17.6. The molecule has 0 saturated carbocycles. The second-order valence-corrected chi connectivity index (χ2v) is 5.81. The maximum Gasteiger partial charge on any atom is 0.408 e.